The standard InChI is InChI=1S/C58H42N4/c1-37-6-22-45(23-7-37)61(46-24-8-38(2)9-25-46)55-34-53(42-16-14-41(36-59)15-17-42)49-30-32-52-56(62(47-26-10-39(3)11-27-47)48-28-12-40(4)13-29-48)35-54(43-18-20-44(60-5)21-19-43)50-31-33-51(55)57(49)58(50)52/h6-35H,1-4H3. The van der Waals surface area contributed by atoms with E-state index in [0.717, 1.165) is 88.7 Å². The predicted molar refractivity (Wildman–Crippen MR) is 260 cm³/mol. The molecule has 0 atom stereocenters. The molecule has 0 aliphatic rings. The van der Waals surface area contributed by atoms with Crippen LogP contribution in [0.1, 0.15) is 27.8 Å². The zero-order valence-corrected chi connectivity index (χ0v) is 35.1. The SMILES string of the molecule is [C-]#[N+]c1ccc(-c2cc(N(c3ccc(C)cc3)c3ccc(C)cc3)c3ccc4c(-c5ccc(C#N)cc5)cc(N(c5ccc(C)cc5)c5ccc(C)cc5)c5ccc2c3c45)cc1. The molecule has 0 N–H and O–H groups in total. The first-order chi connectivity index (χ1) is 30.3. The summed E-state index contributed by atoms with van der Waals surface area (Å²) in [4.78, 5) is 8.49. The fraction of sp³-hybridized carbons (Fsp3) is 0.0690. The number of rotatable bonds is 8. The van der Waals surface area contributed by atoms with Gasteiger partial charge in [0.1, 0.15) is 0 Å². The number of benzene rings is 10. The van der Waals surface area contributed by atoms with Gasteiger partial charge in [-0.1, -0.05) is 131 Å². The van der Waals surface area contributed by atoms with Crippen LogP contribution >= 0.6 is 0 Å². The number of aryl methyl sites for hydroxylation is 4. The summed E-state index contributed by atoms with van der Waals surface area (Å²) in [6.07, 6.45) is 0. The summed E-state index contributed by atoms with van der Waals surface area (Å²) in [6, 6.07) is 67.2. The molecule has 0 saturated carbocycles. The Morgan fingerprint density at radius 1 is 0.403 bits per heavy atom. The molecule has 0 radical (unpaired) electrons. The minimum absolute atomic E-state index is 0.608. The summed E-state index contributed by atoms with van der Waals surface area (Å²) >= 11 is 0. The number of anilines is 6. The van der Waals surface area contributed by atoms with E-state index in [1.54, 1.807) is 0 Å². The second kappa shape index (κ2) is 15.4. The third kappa shape index (κ3) is 6.65. The van der Waals surface area contributed by atoms with Gasteiger partial charge in [0.05, 0.1) is 29.6 Å². The van der Waals surface area contributed by atoms with Crippen molar-refractivity contribution in [2.24, 2.45) is 0 Å². The van der Waals surface area contributed by atoms with Crippen molar-refractivity contribution in [1.82, 2.24) is 0 Å². The summed E-state index contributed by atoms with van der Waals surface area (Å²) < 4.78 is 0. The average molecular weight is 795 g/mol. The van der Waals surface area contributed by atoms with Gasteiger partial charge in [-0.3, -0.25) is 0 Å². The highest BCUT2D eigenvalue weighted by atomic mass is 15.1. The Balaban J connectivity index is 1.38. The minimum atomic E-state index is 0.608. The normalized spacial score (nSPS) is 11.2. The molecule has 10 aromatic carbocycles. The van der Waals surface area contributed by atoms with Gasteiger partial charge in [-0.05, 0) is 134 Å². The molecule has 0 spiro atoms. The Morgan fingerprint density at radius 2 is 0.726 bits per heavy atom. The lowest BCUT2D eigenvalue weighted by atomic mass is 9.85. The quantitative estimate of drug-likeness (QED) is 0.113. The van der Waals surface area contributed by atoms with Crippen molar-refractivity contribution in [2.45, 2.75) is 27.7 Å². The van der Waals surface area contributed by atoms with E-state index in [0.29, 0.717) is 11.3 Å². The largest absolute Gasteiger partial charge is 0.310 e. The zero-order valence-electron chi connectivity index (χ0n) is 35.1. The van der Waals surface area contributed by atoms with Gasteiger partial charge in [-0.15, -0.1) is 0 Å². The van der Waals surface area contributed by atoms with Crippen LogP contribution in [-0.2, 0) is 0 Å². The van der Waals surface area contributed by atoms with Crippen molar-refractivity contribution in [3.8, 4) is 28.3 Å². The lowest BCUT2D eigenvalue weighted by Crippen LogP contribution is -2.12. The number of hydrogen-bond donors (Lipinski definition) is 0. The molecule has 10 rings (SSSR count). The molecule has 4 nitrogen and oxygen atoms in total. The van der Waals surface area contributed by atoms with Crippen LogP contribution in [0.15, 0.2) is 182 Å². The molecule has 0 bridgehead atoms. The molecule has 0 fully saturated rings. The maximum Gasteiger partial charge on any atom is 0.187 e. The Labute approximate surface area is 363 Å². The highest BCUT2D eigenvalue weighted by Crippen LogP contribution is 2.52. The molecular formula is C58H42N4. The van der Waals surface area contributed by atoms with E-state index >= 15 is 0 Å². The van der Waals surface area contributed by atoms with Gasteiger partial charge in [0.2, 0.25) is 0 Å². The van der Waals surface area contributed by atoms with Gasteiger partial charge in [-0.2, -0.15) is 5.26 Å². The first kappa shape index (κ1) is 38.0. The van der Waals surface area contributed by atoms with Gasteiger partial charge in [0.15, 0.2) is 5.69 Å². The average Bonchev–Trinajstić information content (AvgIpc) is 3.31. The Morgan fingerprint density at radius 3 is 1.05 bits per heavy atom. The maximum absolute atomic E-state index is 9.80. The first-order valence-electron chi connectivity index (χ1n) is 20.9. The minimum Gasteiger partial charge on any atom is -0.310 e. The third-order valence-corrected chi connectivity index (χ3v) is 12.1. The molecule has 0 amide bonds. The van der Waals surface area contributed by atoms with Gasteiger partial charge < -0.3 is 9.80 Å². The summed E-state index contributed by atoms with van der Waals surface area (Å²) in [5.41, 5.74) is 16.6. The van der Waals surface area contributed by atoms with E-state index in [2.05, 4.69) is 206 Å². The molecule has 4 heteroatoms. The van der Waals surface area contributed by atoms with Crippen LogP contribution in [-0.4, -0.2) is 0 Å². The molecule has 0 aliphatic heterocycles. The lowest BCUT2D eigenvalue weighted by Gasteiger charge is -2.31. The molecule has 0 heterocycles. The summed E-state index contributed by atoms with van der Waals surface area (Å²) in [7, 11) is 0. The monoisotopic (exact) mass is 794 g/mol. The van der Waals surface area contributed by atoms with Crippen LogP contribution in [0.3, 0.4) is 0 Å². The molecule has 62 heavy (non-hydrogen) atoms. The number of nitriles is 1. The molecule has 0 unspecified atom stereocenters. The number of nitrogens with zero attached hydrogens (tertiary/aromatic N) is 4. The van der Waals surface area contributed by atoms with Crippen molar-refractivity contribution in [3.63, 3.8) is 0 Å². The van der Waals surface area contributed by atoms with Crippen LogP contribution in [0.25, 0.3) is 59.4 Å². The van der Waals surface area contributed by atoms with Crippen molar-refractivity contribution in [1.29, 1.82) is 5.26 Å². The summed E-state index contributed by atoms with van der Waals surface area (Å²) in [5, 5.41) is 16.6. The topological polar surface area (TPSA) is 34.6 Å². The van der Waals surface area contributed by atoms with Crippen molar-refractivity contribution < 1.29 is 0 Å². The highest BCUT2D eigenvalue weighted by molar-refractivity contribution is 6.32. The smallest absolute Gasteiger partial charge is 0.187 e. The molecular weight excluding hydrogens is 753 g/mol. The Hall–Kier alpha value is -8.18. The van der Waals surface area contributed by atoms with E-state index in [1.165, 1.54) is 22.3 Å². The lowest BCUT2D eigenvalue weighted by molar-refractivity contribution is 1.28. The molecule has 10 aromatic rings. The predicted octanol–water partition coefficient (Wildman–Crippen LogP) is 16.5. The van der Waals surface area contributed by atoms with Crippen LogP contribution in [0, 0.1) is 45.6 Å². The Bertz CT molecular complexity index is 3030. The van der Waals surface area contributed by atoms with E-state index in [1.807, 2.05) is 24.3 Å². The van der Waals surface area contributed by atoms with Crippen molar-refractivity contribution >= 4 is 72.1 Å². The second-order valence-corrected chi connectivity index (χ2v) is 16.3. The molecule has 294 valence electrons. The van der Waals surface area contributed by atoms with Crippen LogP contribution in [0.5, 0.6) is 0 Å². The fourth-order valence-electron chi connectivity index (χ4n) is 8.87. The Kier molecular flexibility index (Phi) is 9.48. The van der Waals surface area contributed by atoms with Gasteiger partial charge in [0, 0.05) is 44.3 Å². The summed E-state index contributed by atoms with van der Waals surface area (Å²) in [5.74, 6) is 0. The number of hydrogen-bond acceptors (Lipinski definition) is 3. The van der Waals surface area contributed by atoms with E-state index < -0.39 is 0 Å². The summed E-state index contributed by atoms with van der Waals surface area (Å²) in [6.45, 7) is 16.2. The van der Waals surface area contributed by atoms with Gasteiger partial charge in [0.25, 0.3) is 0 Å². The molecule has 0 aliphatic carbocycles. The van der Waals surface area contributed by atoms with E-state index in [4.69, 9.17) is 6.57 Å². The molecule has 0 saturated heterocycles. The van der Waals surface area contributed by atoms with E-state index in [9.17, 15) is 5.26 Å². The van der Waals surface area contributed by atoms with Crippen LogP contribution in [0.4, 0.5) is 39.8 Å². The van der Waals surface area contributed by atoms with Gasteiger partial charge >= 0.3 is 0 Å². The maximum atomic E-state index is 9.80. The van der Waals surface area contributed by atoms with E-state index in [-0.39, 0.29) is 0 Å². The molecule has 0 aromatic heterocycles. The van der Waals surface area contributed by atoms with Crippen LogP contribution < -0.4 is 9.80 Å². The van der Waals surface area contributed by atoms with Crippen molar-refractivity contribution in [3.05, 3.63) is 221 Å². The van der Waals surface area contributed by atoms with Gasteiger partial charge in [-0.25, -0.2) is 4.85 Å². The van der Waals surface area contributed by atoms with Crippen molar-refractivity contribution in [2.75, 3.05) is 9.80 Å². The third-order valence-electron chi connectivity index (χ3n) is 12.1. The first-order valence-corrected chi connectivity index (χ1v) is 20.9. The van der Waals surface area contributed by atoms with Crippen LogP contribution in [0.2, 0.25) is 0 Å². The fourth-order valence-corrected chi connectivity index (χ4v) is 8.87. The highest BCUT2D eigenvalue weighted by Gasteiger charge is 2.26. The zero-order chi connectivity index (χ0) is 42.5. The second-order valence-electron chi connectivity index (χ2n) is 16.3.